The van der Waals surface area contributed by atoms with E-state index in [0.29, 0.717) is 5.95 Å². The fourth-order valence-electron chi connectivity index (χ4n) is 3.22. The van der Waals surface area contributed by atoms with Gasteiger partial charge in [0.15, 0.2) is 0 Å². The Morgan fingerprint density at radius 2 is 2.13 bits per heavy atom. The molecule has 120 valence electrons. The fourth-order valence-corrected chi connectivity index (χ4v) is 4.82. The van der Waals surface area contributed by atoms with E-state index >= 15 is 0 Å². The molecular weight excluding hydrogens is 374 g/mol. The number of benzene rings is 1. The van der Waals surface area contributed by atoms with Crippen LogP contribution in [0.15, 0.2) is 28.7 Å². The Morgan fingerprint density at radius 3 is 3.00 bits per heavy atom. The molecule has 3 N–H and O–H groups in total. The van der Waals surface area contributed by atoms with Gasteiger partial charge in [0.25, 0.3) is 0 Å². The van der Waals surface area contributed by atoms with Gasteiger partial charge in [-0.1, -0.05) is 34.1 Å². The van der Waals surface area contributed by atoms with Crippen molar-refractivity contribution < 1.29 is 0 Å². The van der Waals surface area contributed by atoms with Gasteiger partial charge in [0.2, 0.25) is 5.95 Å². The normalized spacial score (nSPS) is 20.6. The zero-order valence-electron chi connectivity index (χ0n) is 12.6. The molecule has 2 aliphatic rings. The van der Waals surface area contributed by atoms with Gasteiger partial charge >= 0.3 is 0 Å². The highest BCUT2D eigenvalue weighted by atomic mass is 79.9. The fraction of sp³-hybridized carbons (Fsp3) is 0.375. The van der Waals surface area contributed by atoms with Crippen LogP contribution in [0.3, 0.4) is 0 Å². The summed E-state index contributed by atoms with van der Waals surface area (Å²) in [6.45, 7) is 2.75. The molecule has 1 aromatic heterocycles. The Kier molecular flexibility index (Phi) is 4.17. The zero-order valence-corrected chi connectivity index (χ0v) is 15.0. The molecule has 2 aliphatic heterocycles. The Morgan fingerprint density at radius 1 is 1.26 bits per heavy atom. The first-order valence-corrected chi connectivity index (χ1v) is 9.63. The molecule has 1 atom stereocenters. The summed E-state index contributed by atoms with van der Waals surface area (Å²) in [7, 11) is 0. The average molecular weight is 392 g/mol. The van der Waals surface area contributed by atoms with Gasteiger partial charge in [0.05, 0.1) is 11.7 Å². The standard InChI is InChI=1S/C16H18BrN5S/c17-12-4-2-1-3-10(12)13-7-22(6-5-19-13)15-11-8-23-9-14(11)20-16(18)21-15/h1-4,13,19H,5-9H2,(H2,18,20,21). The summed E-state index contributed by atoms with van der Waals surface area (Å²) < 4.78 is 1.14. The molecule has 0 spiro atoms. The van der Waals surface area contributed by atoms with Crippen LogP contribution in [0.25, 0.3) is 0 Å². The van der Waals surface area contributed by atoms with Crippen molar-refractivity contribution in [1.29, 1.82) is 0 Å². The number of nitrogens with two attached hydrogens (primary N) is 1. The summed E-state index contributed by atoms with van der Waals surface area (Å²) in [5.74, 6) is 3.33. The van der Waals surface area contributed by atoms with Crippen molar-refractivity contribution in [2.45, 2.75) is 17.5 Å². The van der Waals surface area contributed by atoms with E-state index in [9.17, 15) is 0 Å². The third-order valence-corrected chi connectivity index (χ3v) is 6.02. The number of hydrogen-bond donors (Lipinski definition) is 2. The van der Waals surface area contributed by atoms with Crippen molar-refractivity contribution in [2.24, 2.45) is 0 Å². The lowest BCUT2D eigenvalue weighted by Crippen LogP contribution is -2.46. The van der Waals surface area contributed by atoms with E-state index in [1.165, 1.54) is 11.1 Å². The molecule has 2 aromatic rings. The van der Waals surface area contributed by atoms with E-state index in [1.54, 1.807) is 0 Å². The number of hydrogen-bond acceptors (Lipinski definition) is 6. The summed E-state index contributed by atoms with van der Waals surface area (Å²) >= 11 is 5.54. The second-order valence-electron chi connectivity index (χ2n) is 5.80. The number of nitrogen functional groups attached to an aromatic ring is 1. The second-order valence-corrected chi connectivity index (χ2v) is 7.64. The molecule has 1 fully saturated rings. The lowest BCUT2D eigenvalue weighted by atomic mass is 10.0. The number of nitrogens with zero attached hydrogens (tertiary/aromatic N) is 3. The highest BCUT2D eigenvalue weighted by Gasteiger charge is 2.28. The van der Waals surface area contributed by atoms with Crippen molar-refractivity contribution in [1.82, 2.24) is 15.3 Å². The number of fused-ring (bicyclic) bond motifs is 1. The zero-order chi connectivity index (χ0) is 15.8. The van der Waals surface area contributed by atoms with Crippen LogP contribution >= 0.6 is 27.7 Å². The van der Waals surface area contributed by atoms with Gasteiger partial charge < -0.3 is 16.0 Å². The second kappa shape index (κ2) is 6.30. The summed E-state index contributed by atoms with van der Waals surface area (Å²) in [6, 6.07) is 8.66. The Balaban J connectivity index is 1.65. The quantitative estimate of drug-likeness (QED) is 0.820. The number of thioether (sulfide) groups is 1. The lowest BCUT2D eigenvalue weighted by Gasteiger charge is -2.36. The van der Waals surface area contributed by atoms with Crippen LogP contribution in [0.5, 0.6) is 0 Å². The molecule has 1 aromatic carbocycles. The van der Waals surface area contributed by atoms with E-state index in [0.717, 1.165) is 47.1 Å². The number of anilines is 2. The molecular formula is C16H18BrN5S. The predicted octanol–water partition coefficient (Wildman–Crippen LogP) is 2.72. The maximum absolute atomic E-state index is 5.93. The lowest BCUT2D eigenvalue weighted by molar-refractivity contribution is 0.468. The van der Waals surface area contributed by atoms with Gasteiger partial charge in [0.1, 0.15) is 5.82 Å². The smallest absolute Gasteiger partial charge is 0.222 e. The summed E-state index contributed by atoms with van der Waals surface area (Å²) in [4.78, 5) is 11.3. The van der Waals surface area contributed by atoms with Crippen molar-refractivity contribution in [3.63, 3.8) is 0 Å². The summed E-state index contributed by atoms with van der Waals surface area (Å²) in [5.41, 5.74) is 9.58. The van der Waals surface area contributed by atoms with Crippen LogP contribution in [-0.2, 0) is 11.5 Å². The van der Waals surface area contributed by atoms with E-state index in [2.05, 4.69) is 54.3 Å². The minimum atomic E-state index is 0.278. The number of aromatic nitrogens is 2. The topological polar surface area (TPSA) is 67.1 Å². The predicted molar refractivity (Wildman–Crippen MR) is 98.5 cm³/mol. The maximum atomic E-state index is 5.93. The number of piperazine rings is 1. The average Bonchev–Trinajstić information content (AvgIpc) is 3.03. The molecule has 3 heterocycles. The molecule has 4 rings (SSSR count). The third-order valence-electron chi connectivity index (χ3n) is 4.33. The van der Waals surface area contributed by atoms with Crippen molar-refractivity contribution in [3.8, 4) is 0 Å². The van der Waals surface area contributed by atoms with Gasteiger partial charge in [0, 0.05) is 41.2 Å². The van der Waals surface area contributed by atoms with Crippen LogP contribution in [0.4, 0.5) is 11.8 Å². The van der Waals surface area contributed by atoms with Crippen LogP contribution in [0, 0.1) is 0 Å². The molecule has 23 heavy (non-hydrogen) atoms. The van der Waals surface area contributed by atoms with Crippen LogP contribution < -0.4 is 16.0 Å². The molecule has 0 saturated carbocycles. The molecule has 0 bridgehead atoms. The Hall–Kier alpha value is -1.31. The Labute approximate surface area is 148 Å². The van der Waals surface area contributed by atoms with Crippen molar-refractivity contribution >= 4 is 39.5 Å². The number of halogens is 1. The van der Waals surface area contributed by atoms with E-state index in [1.807, 2.05) is 17.8 Å². The molecule has 7 heteroatoms. The summed E-state index contributed by atoms with van der Waals surface area (Å²) in [6.07, 6.45) is 0. The third kappa shape index (κ3) is 2.93. The monoisotopic (exact) mass is 391 g/mol. The van der Waals surface area contributed by atoms with E-state index in [-0.39, 0.29) is 6.04 Å². The van der Waals surface area contributed by atoms with E-state index < -0.39 is 0 Å². The first-order chi connectivity index (χ1) is 11.2. The molecule has 0 amide bonds. The summed E-state index contributed by atoms with van der Waals surface area (Å²) in [5, 5.41) is 3.61. The Bertz CT molecular complexity index is 738. The van der Waals surface area contributed by atoms with E-state index in [4.69, 9.17) is 5.73 Å². The van der Waals surface area contributed by atoms with Crippen molar-refractivity contribution in [3.05, 3.63) is 45.6 Å². The minimum absolute atomic E-state index is 0.278. The molecule has 5 nitrogen and oxygen atoms in total. The first-order valence-electron chi connectivity index (χ1n) is 7.68. The number of nitrogens with one attached hydrogen (secondary N) is 1. The molecule has 0 aliphatic carbocycles. The molecule has 0 radical (unpaired) electrons. The number of rotatable bonds is 2. The van der Waals surface area contributed by atoms with Crippen LogP contribution in [0.2, 0.25) is 0 Å². The highest BCUT2D eigenvalue weighted by molar-refractivity contribution is 9.10. The SMILES string of the molecule is Nc1nc2c(c(N3CCNC(c4ccccc4Br)C3)n1)CSC2. The van der Waals surface area contributed by atoms with Gasteiger partial charge in [-0.15, -0.1) is 0 Å². The van der Waals surface area contributed by atoms with Crippen LogP contribution in [-0.4, -0.2) is 29.6 Å². The molecule has 1 unspecified atom stereocenters. The van der Waals surface area contributed by atoms with Gasteiger partial charge in [-0.2, -0.15) is 16.7 Å². The van der Waals surface area contributed by atoms with Crippen LogP contribution in [0.1, 0.15) is 22.9 Å². The first kappa shape index (κ1) is 15.2. The van der Waals surface area contributed by atoms with Gasteiger partial charge in [-0.05, 0) is 11.6 Å². The molecule has 1 saturated heterocycles. The van der Waals surface area contributed by atoms with Gasteiger partial charge in [-0.3, -0.25) is 0 Å². The van der Waals surface area contributed by atoms with Crippen molar-refractivity contribution in [2.75, 3.05) is 30.3 Å². The maximum Gasteiger partial charge on any atom is 0.222 e. The highest BCUT2D eigenvalue weighted by Crippen LogP contribution is 2.36. The minimum Gasteiger partial charge on any atom is -0.368 e. The largest absolute Gasteiger partial charge is 0.368 e. The van der Waals surface area contributed by atoms with Gasteiger partial charge in [-0.25, -0.2) is 4.98 Å².